The summed E-state index contributed by atoms with van der Waals surface area (Å²) in [6, 6.07) is 4.51. The van der Waals surface area contributed by atoms with E-state index in [0.717, 1.165) is 30.0 Å². The fourth-order valence-corrected chi connectivity index (χ4v) is 4.11. The first-order valence-corrected chi connectivity index (χ1v) is 9.56. The number of nitrogens with zero attached hydrogens (tertiary/aromatic N) is 1. The Balaban J connectivity index is 2.19. The summed E-state index contributed by atoms with van der Waals surface area (Å²) in [6.45, 7) is 2.22. The highest BCUT2D eigenvalue weighted by molar-refractivity contribution is 7.89. The molecule has 1 amide bonds. The highest BCUT2D eigenvalue weighted by Gasteiger charge is 2.24. The predicted octanol–water partition coefficient (Wildman–Crippen LogP) is 2.90. The molecule has 0 spiro atoms. The summed E-state index contributed by atoms with van der Waals surface area (Å²) in [5.41, 5.74) is 0.313. The molecule has 0 saturated heterocycles. The van der Waals surface area contributed by atoms with E-state index in [2.05, 4.69) is 12.2 Å². The van der Waals surface area contributed by atoms with E-state index < -0.39 is 10.0 Å². The minimum absolute atomic E-state index is 0.0471. The third kappa shape index (κ3) is 4.25. The summed E-state index contributed by atoms with van der Waals surface area (Å²) in [7, 11) is -0.818. The van der Waals surface area contributed by atoms with Crippen LogP contribution >= 0.6 is 11.6 Å². The molecule has 7 heteroatoms. The molecule has 1 aliphatic rings. The predicted molar refractivity (Wildman–Crippen MR) is 91.2 cm³/mol. The Hall–Kier alpha value is -1.11. The summed E-state index contributed by atoms with van der Waals surface area (Å²) in [6.07, 6.45) is 4.13. The van der Waals surface area contributed by atoms with Gasteiger partial charge in [-0.15, -0.1) is 0 Å². The zero-order valence-corrected chi connectivity index (χ0v) is 15.2. The number of rotatable bonds is 4. The van der Waals surface area contributed by atoms with Crippen molar-refractivity contribution in [3.05, 3.63) is 28.8 Å². The van der Waals surface area contributed by atoms with Crippen molar-refractivity contribution in [2.45, 2.75) is 43.5 Å². The number of carbonyl (C=O) groups excluding carboxylic acids is 1. The van der Waals surface area contributed by atoms with Gasteiger partial charge in [-0.25, -0.2) is 12.7 Å². The van der Waals surface area contributed by atoms with E-state index in [1.807, 2.05) is 0 Å². The molecule has 1 aromatic rings. The molecular formula is C16H23ClN2O3S. The van der Waals surface area contributed by atoms with Crippen molar-refractivity contribution in [1.29, 1.82) is 0 Å². The van der Waals surface area contributed by atoms with Crippen LogP contribution in [0.1, 0.15) is 43.0 Å². The zero-order chi connectivity index (χ0) is 17.2. The molecule has 0 bridgehead atoms. The Morgan fingerprint density at radius 3 is 2.39 bits per heavy atom. The van der Waals surface area contributed by atoms with E-state index in [9.17, 15) is 13.2 Å². The van der Waals surface area contributed by atoms with Crippen LogP contribution in [-0.4, -0.2) is 38.8 Å². The Morgan fingerprint density at radius 1 is 1.22 bits per heavy atom. The van der Waals surface area contributed by atoms with Gasteiger partial charge < -0.3 is 5.32 Å². The maximum atomic E-state index is 12.4. The van der Waals surface area contributed by atoms with Crippen LogP contribution in [0, 0.1) is 5.92 Å². The van der Waals surface area contributed by atoms with Gasteiger partial charge in [0.05, 0.1) is 5.02 Å². The number of hydrogen-bond acceptors (Lipinski definition) is 3. The molecule has 0 unspecified atom stereocenters. The summed E-state index contributed by atoms with van der Waals surface area (Å²) in [5, 5.41) is 3.11. The van der Waals surface area contributed by atoms with Crippen molar-refractivity contribution < 1.29 is 13.2 Å². The number of halogens is 1. The topological polar surface area (TPSA) is 66.5 Å². The molecule has 1 fully saturated rings. The summed E-state index contributed by atoms with van der Waals surface area (Å²) in [4.78, 5) is 12.3. The van der Waals surface area contributed by atoms with Crippen LogP contribution < -0.4 is 5.32 Å². The van der Waals surface area contributed by atoms with Crippen LogP contribution in [0.25, 0.3) is 0 Å². The maximum Gasteiger partial charge on any atom is 0.251 e. The quantitative estimate of drug-likeness (QED) is 0.899. The van der Waals surface area contributed by atoms with Gasteiger partial charge in [0.1, 0.15) is 4.90 Å². The lowest BCUT2D eigenvalue weighted by molar-refractivity contribution is 0.0923. The normalized spacial score (nSPS) is 22.1. The van der Waals surface area contributed by atoms with Crippen LogP contribution in [0.2, 0.25) is 5.02 Å². The average Bonchev–Trinajstić information content (AvgIpc) is 2.49. The summed E-state index contributed by atoms with van der Waals surface area (Å²) in [5.74, 6) is 0.451. The molecule has 0 radical (unpaired) electrons. The Bertz CT molecular complexity index is 681. The average molecular weight is 359 g/mol. The fourth-order valence-electron chi connectivity index (χ4n) is 2.71. The third-order valence-electron chi connectivity index (χ3n) is 4.30. The third-order valence-corrected chi connectivity index (χ3v) is 6.60. The number of carbonyl (C=O) groups is 1. The molecule has 1 saturated carbocycles. The van der Waals surface area contributed by atoms with Crippen LogP contribution in [-0.2, 0) is 10.0 Å². The van der Waals surface area contributed by atoms with E-state index in [-0.39, 0.29) is 21.9 Å². The van der Waals surface area contributed by atoms with E-state index in [1.54, 1.807) is 6.07 Å². The minimum Gasteiger partial charge on any atom is -0.349 e. The van der Waals surface area contributed by atoms with Gasteiger partial charge in [-0.2, -0.15) is 0 Å². The van der Waals surface area contributed by atoms with Crippen molar-refractivity contribution in [3.8, 4) is 0 Å². The Labute approximate surface area is 143 Å². The molecule has 2 rings (SSSR count). The van der Waals surface area contributed by atoms with E-state index >= 15 is 0 Å². The first kappa shape index (κ1) is 18.2. The number of nitrogens with one attached hydrogen (secondary N) is 1. The Morgan fingerprint density at radius 2 is 1.83 bits per heavy atom. The molecule has 1 aliphatic carbocycles. The molecule has 0 aromatic heterocycles. The lowest BCUT2D eigenvalue weighted by atomic mass is 9.87. The number of amides is 1. The molecular weight excluding hydrogens is 336 g/mol. The van der Waals surface area contributed by atoms with Gasteiger partial charge in [-0.05, 0) is 49.8 Å². The fraction of sp³-hybridized carbons (Fsp3) is 0.562. The van der Waals surface area contributed by atoms with Crippen LogP contribution in [0.4, 0.5) is 0 Å². The van der Waals surface area contributed by atoms with Crippen molar-refractivity contribution in [1.82, 2.24) is 9.62 Å². The summed E-state index contributed by atoms with van der Waals surface area (Å²) >= 11 is 6.00. The lowest BCUT2D eigenvalue weighted by Crippen LogP contribution is -2.37. The van der Waals surface area contributed by atoms with Crippen molar-refractivity contribution >= 4 is 27.5 Å². The van der Waals surface area contributed by atoms with Crippen molar-refractivity contribution in [2.24, 2.45) is 5.92 Å². The molecule has 1 aromatic carbocycles. The van der Waals surface area contributed by atoms with Crippen molar-refractivity contribution in [3.63, 3.8) is 0 Å². The van der Waals surface area contributed by atoms with Gasteiger partial charge in [0.2, 0.25) is 10.0 Å². The number of benzene rings is 1. The highest BCUT2D eigenvalue weighted by atomic mass is 35.5. The van der Waals surface area contributed by atoms with E-state index in [4.69, 9.17) is 11.6 Å². The van der Waals surface area contributed by atoms with Gasteiger partial charge in [-0.3, -0.25) is 4.79 Å². The minimum atomic E-state index is -3.68. The molecule has 1 N–H and O–H groups in total. The van der Waals surface area contributed by atoms with Gasteiger partial charge in [-0.1, -0.05) is 18.5 Å². The number of sulfonamides is 1. The molecule has 0 heterocycles. The molecule has 23 heavy (non-hydrogen) atoms. The monoisotopic (exact) mass is 358 g/mol. The molecule has 128 valence electrons. The maximum absolute atomic E-state index is 12.4. The molecule has 5 nitrogen and oxygen atoms in total. The molecule has 0 atom stereocenters. The second kappa shape index (κ2) is 7.20. The van der Waals surface area contributed by atoms with E-state index in [0.29, 0.717) is 11.5 Å². The van der Waals surface area contributed by atoms with Crippen LogP contribution in [0.5, 0.6) is 0 Å². The van der Waals surface area contributed by atoms with Crippen molar-refractivity contribution in [2.75, 3.05) is 14.1 Å². The van der Waals surface area contributed by atoms with Gasteiger partial charge in [0.25, 0.3) is 5.91 Å². The largest absolute Gasteiger partial charge is 0.349 e. The zero-order valence-electron chi connectivity index (χ0n) is 13.7. The highest BCUT2D eigenvalue weighted by Crippen LogP contribution is 2.26. The lowest BCUT2D eigenvalue weighted by Gasteiger charge is -2.27. The number of hydrogen-bond donors (Lipinski definition) is 1. The first-order chi connectivity index (χ1) is 10.7. The Kier molecular flexibility index (Phi) is 5.70. The molecule has 0 aliphatic heterocycles. The second-order valence-corrected chi connectivity index (χ2v) is 8.89. The van der Waals surface area contributed by atoms with Crippen LogP contribution in [0.15, 0.2) is 23.1 Å². The van der Waals surface area contributed by atoms with Gasteiger partial charge in [0.15, 0.2) is 0 Å². The van der Waals surface area contributed by atoms with Gasteiger partial charge in [0, 0.05) is 25.7 Å². The summed E-state index contributed by atoms with van der Waals surface area (Å²) < 4.78 is 25.6. The SMILES string of the molecule is CC1CCC(NC(=O)c2ccc(Cl)c(S(=O)(=O)N(C)C)c2)CC1. The standard InChI is InChI=1S/C16H23ClN2O3S/c1-11-4-7-13(8-5-11)18-16(20)12-6-9-14(17)15(10-12)23(21,22)19(2)3/h6,9-11,13H,4-5,7-8H2,1-3H3,(H,18,20). The van der Waals surface area contributed by atoms with Gasteiger partial charge >= 0.3 is 0 Å². The van der Waals surface area contributed by atoms with Crippen LogP contribution in [0.3, 0.4) is 0 Å². The first-order valence-electron chi connectivity index (χ1n) is 7.74. The van der Waals surface area contributed by atoms with E-state index in [1.165, 1.54) is 26.2 Å². The second-order valence-electron chi connectivity index (χ2n) is 6.36. The smallest absolute Gasteiger partial charge is 0.251 e.